The number of sulfonamides is 1. The van der Waals surface area contributed by atoms with E-state index >= 15 is 0 Å². The molecule has 0 radical (unpaired) electrons. The van der Waals surface area contributed by atoms with E-state index in [9.17, 15) is 8.42 Å². The van der Waals surface area contributed by atoms with Crippen LogP contribution < -0.4 is 10.0 Å². The van der Waals surface area contributed by atoms with Crippen LogP contribution in [0.1, 0.15) is 31.9 Å². The third kappa shape index (κ3) is 4.00. The van der Waals surface area contributed by atoms with E-state index in [0.717, 1.165) is 25.0 Å². The maximum atomic E-state index is 12.2. The van der Waals surface area contributed by atoms with Crippen molar-refractivity contribution in [1.29, 1.82) is 0 Å². The van der Waals surface area contributed by atoms with Gasteiger partial charge in [0.2, 0.25) is 5.09 Å². The Labute approximate surface area is 124 Å². The maximum Gasteiger partial charge on any atom is 0.274 e. The number of furan rings is 1. The van der Waals surface area contributed by atoms with Crippen LogP contribution in [0.4, 0.5) is 0 Å². The minimum Gasteiger partial charge on any atom is -0.447 e. The van der Waals surface area contributed by atoms with Crippen LogP contribution in [0, 0.1) is 0 Å². The van der Waals surface area contributed by atoms with E-state index in [1.807, 2.05) is 11.8 Å². The number of hydrogen-bond donors (Lipinski definition) is 2. The van der Waals surface area contributed by atoms with Crippen LogP contribution in [0.3, 0.4) is 0 Å². The Morgan fingerprint density at radius 2 is 2.20 bits per heavy atom. The molecule has 0 bridgehead atoms. The van der Waals surface area contributed by atoms with Crippen molar-refractivity contribution in [1.82, 2.24) is 10.0 Å². The van der Waals surface area contributed by atoms with Crippen LogP contribution in [0.2, 0.25) is 0 Å². The van der Waals surface area contributed by atoms with E-state index in [-0.39, 0.29) is 11.1 Å². The monoisotopic (exact) mass is 318 g/mol. The molecule has 0 amide bonds. The summed E-state index contributed by atoms with van der Waals surface area (Å²) < 4.78 is 32.6. The summed E-state index contributed by atoms with van der Waals surface area (Å²) in [5, 5.41) is 3.51. The molecule has 1 aromatic rings. The third-order valence-electron chi connectivity index (χ3n) is 3.36. The summed E-state index contributed by atoms with van der Waals surface area (Å²) in [4.78, 5) is 0. The molecule has 1 aliphatic carbocycles. The van der Waals surface area contributed by atoms with E-state index in [4.69, 9.17) is 4.42 Å². The van der Waals surface area contributed by atoms with Crippen LogP contribution in [-0.2, 0) is 16.6 Å². The second-order valence-corrected chi connectivity index (χ2v) is 8.18. The molecule has 1 aliphatic rings. The molecule has 0 aliphatic heterocycles. The molecule has 0 saturated heterocycles. The minimum atomic E-state index is -3.53. The van der Waals surface area contributed by atoms with Gasteiger partial charge in [-0.1, -0.05) is 6.92 Å². The van der Waals surface area contributed by atoms with Crippen LogP contribution in [-0.4, -0.2) is 32.5 Å². The van der Waals surface area contributed by atoms with Crippen molar-refractivity contribution in [2.45, 2.75) is 49.1 Å². The fraction of sp³-hybridized carbons (Fsp3) is 0.692. The molecule has 5 nitrogen and oxygen atoms in total. The predicted octanol–water partition coefficient (Wildman–Crippen LogP) is 1.95. The summed E-state index contributed by atoms with van der Waals surface area (Å²) in [6.45, 7) is 2.66. The molecule has 0 spiro atoms. The lowest BCUT2D eigenvalue weighted by Crippen LogP contribution is -2.32. The Bertz CT molecular complexity index is 527. The Hall–Kier alpha value is -0.500. The Morgan fingerprint density at radius 3 is 2.90 bits per heavy atom. The Morgan fingerprint density at radius 1 is 1.40 bits per heavy atom. The maximum absolute atomic E-state index is 12.2. The molecule has 20 heavy (non-hydrogen) atoms. The van der Waals surface area contributed by atoms with E-state index in [0.29, 0.717) is 17.6 Å². The molecule has 1 heterocycles. The van der Waals surface area contributed by atoms with E-state index < -0.39 is 10.0 Å². The van der Waals surface area contributed by atoms with Gasteiger partial charge in [-0.05, 0) is 44.2 Å². The van der Waals surface area contributed by atoms with Crippen molar-refractivity contribution in [2.75, 3.05) is 12.8 Å². The molecule has 2 atom stereocenters. The van der Waals surface area contributed by atoms with Gasteiger partial charge in [0, 0.05) is 11.3 Å². The zero-order valence-electron chi connectivity index (χ0n) is 11.9. The molecular weight excluding hydrogens is 296 g/mol. The summed E-state index contributed by atoms with van der Waals surface area (Å²) in [7, 11) is -1.74. The lowest BCUT2D eigenvalue weighted by molar-refractivity contribution is 0.402. The Balaban J connectivity index is 1.97. The molecule has 114 valence electrons. The second-order valence-electron chi connectivity index (χ2n) is 4.96. The average molecular weight is 318 g/mol. The average Bonchev–Trinajstić information content (AvgIpc) is 3.00. The summed E-state index contributed by atoms with van der Waals surface area (Å²) >= 11 is 1.91. The molecule has 2 rings (SSSR count). The van der Waals surface area contributed by atoms with Crippen LogP contribution in [0.25, 0.3) is 0 Å². The van der Waals surface area contributed by atoms with Crippen molar-refractivity contribution in [3.63, 3.8) is 0 Å². The van der Waals surface area contributed by atoms with E-state index in [2.05, 4.69) is 17.0 Å². The molecule has 0 aromatic carbocycles. The van der Waals surface area contributed by atoms with Crippen molar-refractivity contribution in [3.05, 3.63) is 17.9 Å². The fourth-order valence-electron chi connectivity index (χ4n) is 2.48. The SMILES string of the molecule is CCSC1CCC(NS(=O)(=O)c2ccc(CNC)o2)C1. The number of rotatable bonds is 7. The van der Waals surface area contributed by atoms with Crippen LogP contribution in [0.15, 0.2) is 21.6 Å². The quantitative estimate of drug-likeness (QED) is 0.804. The summed E-state index contributed by atoms with van der Waals surface area (Å²) in [6, 6.07) is 3.24. The molecule has 2 unspecified atom stereocenters. The highest BCUT2D eigenvalue weighted by molar-refractivity contribution is 7.99. The van der Waals surface area contributed by atoms with Gasteiger partial charge in [0.25, 0.3) is 10.0 Å². The molecule has 1 saturated carbocycles. The largest absolute Gasteiger partial charge is 0.447 e. The summed E-state index contributed by atoms with van der Waals surface area (Å²) in [5.41, 5.74) is 0. The first-order valence-electron chi connectivity index (χ1n) is 6.92. The predicted molar refractivity (Wildman–Crippen MR) is 81.4 cm³/mol. The van der Waals surface area contributed by atoms with Crippen molar-refractivity contribution in [2.24, 2.45) is 0 Å². The van der Waals surface area contributed by atoms with Gasteiger partial charge in [0.1, 0.15) is 5.76 Å². The van der Waals surface area contributed by atoms with E-state index in [1.165, 1.54) is 6.07 Å². The van der Waals surface area contributed by atoms with Gasteiger partial charge in [0.15, 0.2) is 0 Å². The first kappa shape index (κ1) is 15.9. The molecule has 2 N–H and O–H groups in total. The van der Waals surface area contributed by atoms with Crippen molar-refractivity contribution >= 4 is 21.8 Å². The van der Waals surface area contributed by atoms with Gasteiger partial charge < -0.3 is 9.73 Å². The lowest BCUT2D eigenvalue weighted by Gasteiger charge is -2.12. The number of nitrogens with one attached hydrogen (secondary N) is 2. The van der Waals surface area contributed by atoms with Gasteiger partial charge in [-0.2, -0.15) is 11.8 Å². The van der Waals surface area contributed by atoms with Gasteiger partial charge in [0.05, 0.1) is 6.54 Å². The smallest absolute Gasteiger partial charge is 0.274 e. The summed E-state index contributed by atoms with van der Waals surface area (Å²) in [6.07, 6.45) is 2.89. The van der Waals surface area contributed by atoms with Crippen LogP contribution in [0.5, 0.6) is 0 Å². The first-order valence-corrected chi connectivity index (χ1v) is 9.45. The highest BCUT2D eigenvalue weighted by Crippen LogP contribution is 2.30. The zero-order chi connectivity index (χ0) is 14.6. The Kier molecular flexibility index (Phi) is 5.54. The molecule has 7 heteroatoms. The number of hydrogen-bond acceptors (Lipinski definition) is 5. The van der Waals surface area contributed by atoms with Crippen molar-refractivity contribution < 1.29 is 12.8 Å². The summed E-state index contributed by atoms with van der Waals surface area (Å²) in [5.74, 6) is 1.70. The fourth-order valence-corrected chi connectivity index (χ4v) is 4.86. The van der Waals surface area contributed by atoms with Gasteiger partial charge in [-0.15, -0.1) is 0 Å². The van der Waals surface area contributed by atoms with Crippen molar-refractivity contribution in [3.8, 4) is 0 Å². The first-order chi connectivity index (χ1) is 9.55. The highest BCUT2D eigenvalue weighted by Gasteiger charge is 2.29. The molecule has 1 fully saturated rings. The molecule has 1 aromatic heterocycles. The van der Waals surface area contributed by atoms with Crippen LogP contribution >= 0.6 is 11.8 Å². The minimum absolute atomic E-state index is 0.00865. The number of thioether (sulfide) groups is 1. The second kappa shape index (κ2) is 6.98. The third-order valence-corrected chi connectivity index (χ3v) is 5.99. The topological polar surface area (TPSA) is 71.3 Å². The lowest BCUT2D eigenvalue weighted by atomic mass is 10.3. The highest BCUT2D eigenvalue weighted by atomic mass is 32.2. The standard InChI is InChI=1S/C13H22N2O3S2/c1-3-19-12-6-4-10(8-12)15-20(16,17)13-7-5-11(18-13)9-14-2/h5,7,10,12,14-15H,3-4,6,8-9H2,1-2H3. The van der Waals surface area contributed by atoms with Gasteiger partial charge >= 0.3 is 0 Å². The normalized spacial score (nSPS) is 23.3. The molecular formula is C13H22N2O3S2. The zero-order valence-corrected chi connectivity index (χ0v) is 13.5. The van der Waals surface area contributed by atoms with Gasteiger partial charge in [-0.3, -0.25) is 0 Å². The van der Waals surface area contributed by atoms with E-state index in [1.54, 1.807) is 13.1 Å². The van der Waals surface area contributed by atoms with Gasteiger partial charge in [-0.25, -0.2) is 13.1 Å².